The maximum atomic E-state index is 12.8. The molecule has 0 saturated carbocycles. The van der Waals surface area contributed by atoms with Gasteiger partial charge in [0.05, 0.1) is 6.04 Å². The van der Waals surface area contributed by atoms with Crippen LogP contribution in [-0.4, -0.2) is 83.0 Å². The Kier molecular flexibility index (Phi) is 13.7. The SMILES string of the molecule is CC(C)(C)OC(=O)NC(c1ccccc1)[C@@H](OC(C)(C)C(=O)COCC(=O)NCCCC[C@H](N)C(=O)O)C(=O)O. The molecule has 0 saturated heterocycles. The molecule has 0 aliphatic heterocycles. The number of nitrogens with one attached hydrogen (secondary N) is 2. The number of nitrogens with two attached hydrogens (primary N) is 1. The number of carboxylic acid groups (broad SMARTS) is 2. The summed E-state index contributed by atoms with van der Waals surface area (Å²) in [6.07, 6.45) is -1.23. The largest absolute Gasteiger partial charge is 0.480 e. The van der Waals surface area contributed by atoms with Crippen molar-refractivity contribution in [1.29, 1.82) is 0 Å². The lowest BCUT2D eigenvalue weighted by atomic mass is 9.98. The van der Waals surface area contributed by atoms with Gasteiger partial charge in [0.2, 0.25) is 5.91 Å². The van der Waals surface area contributed by atoms with E-state index in [9.17, 15) is 29.1 Å². The van der Waals surface area contributed by atoms with Crippen LogP contribution in [0.5, 0.6) is 0 Å². The molecule has 13 nitrogen and oxygen atoms in total. The first-order valence-corrected chi connectivity index (χ1v) is 12.8. The molecule has 13 heteroatoms. The Bertz CT molecular complexity index is 1010. The Hall–Kier alpha value is -3.55. The van der Waals surface area contributed by atoms with Crippen LogP contribution in [0.1, 0.15) is 65.5 Å². The van der Waals surface area contributed by atoms with Gasteiger partial charge in [-0.3, -0.25) is 14.4 Å². The minimum absolute atomic E-state index is 0.279. The molecule has 1 aromatic carbocycles. The van der Waals surface area contributed by atoms with E-state index in [-0.39, 0.29) is 13.0 Å². The zero-order valence-electron chi connectivity index (χ0n) is 23.6. The van der Waals surface area contributed by atoms with Crippen molar-refractivity contribution in [3.63, 3.8) is 0 Å². The van der Waals surface area contributed by atoms with E-state index in [0.29, 0.717) is 18.4 Å². The maximum Gasteiger partial charge on any atom is 0.408 e. The van der Waals surface area contributed by atoms with E-state index in [2.05, 4.69) is 10.6 Å². The van der Waals surface area contributed by atoms with Gasteiger partial charge in [0.1, 0.15) is 30.5 Å². The molecule has 6 N–H and O–H groups in total. The van der Waals surface area contributed by atoms with E-state index in [0.717, 1.165) is 0 Å². The van der Waals surface area contributed by atoms with E-state index in [1.54, 1.807) is 51.1 Å². The maximum absolute atomic E-state index is 12.8. The molecule has 1 unspecified atom stereocenters. The number of aliphatic carboxylic acids is 2. The first kappa shape index (κ1) is 34.5. The molecule has 0 spiro atoms. The number of carbonyl (C=O) groups excluding carboxylic acids is 3. The summed E-state index contributed by atoms with van der Waals surface area (Å²) in [6, 6.07) is 6.12. The molecule has 2 amide bonds. The molecule has 0 fully saturated rings. The van der Waals surface area contributed by atoms with Gasteiger partial charge in [-0.05, 0) is 59.4 Å². The van der Waals surface area contributed by atoms with Gasteiger partial charge in [-0.15, -0.1) is 0 Å². The number of amides is 2. The molecule has 0 aromatic heterocycles. The van der Waals surface area contributed by atoms with Crippen molar-refractivity contribution in [2.45, 2.75) is 83.3 Å². The standard InChI is InChI=1S/C27H41N3O10/c1-26(2,3)40-25(37)30-21(17-11-7-6-8-12-17)22(24(35)36)39-27(4,5)19(31)15-38-16-20(32)29-14-10-9-13-18(28)23(33)34/h6-8,11-12,18,21-22H,9-10,13-16,28H2,1-5H3,(H,29,32)(H,30,37)(H,33,34)(H,35,36)/t18-,21?,22+/m0/s1. The second kappa shape index (κ2) is 15.9. The van der Waals surface area contributed by atoms with Crippen LogP contribution in [0.2, 0.25) is 0 Å². The lowest BCUT2D eigenvalue weighted by Gasteiger charge is -2.33. The van der Waals surface area contributed by atoms with Crippen molar-refractivity contribution < 1.29 is 48.4 Å². The van der Waals surface area contributed by atoms with Crippen LogP contribution in [0.4, 0.5) is 4.79 Å². The summed E-state index contributed by atoms with van der Waals surface area (Å²) in [5.41, 5.74) is 3.34. The Morgan fingerprint density at radius 2 is 1.55 bits per heavy atom. The Morgan fingerprint density at radius 1 is 0.925 bits per heavy atom. The minimum atomic E-state index is -1.67. The molecule has 1 rings (SSSR count). The summed E-state index contributed by atoms with van der Waals surface area (Å²) < 4.78 is 16.2. The third-order valence-electron chi connectivity index (χ3n) is 5.52. The highest BCUT2D eigenvalue weighted by Gasteiger charge is 2.40. The summed E-state index contributed by atoms with van der Waals surface area (Å²) in [5, 5.41) is 23.8. The van der Waals surface area contributed by atoms with Crippen LogP contribution < -0.4 is 16.4 Å². The van der Waals surface area contributed by atoms with Crippen LogP contribution >= 0.6 is 0 Å². The number of hydrogen-bond acceptors (Lipinski definition) is 9. The van der Waals surface area contributed by atoms with Crippen molar-refractivity contribution in [3.05, 3.63) is 35.9 Å². The highest BCUT2D eigenvalue weighted by molar-refractivity contribution is 5.88. The van der Waals surface area contributed by atoms with Crippen molar-refractivity contribution in [2.75, 3.05) is 19.8 Å². The van der Waals surface area contributed by atoms with Crippen molar-refractivity contribution in [2.24, 2.45) is 5.73 Å². The topological polar surface area (TPSA) is 204 Å². The van der Waals surface area contributed by atoms with Gasteiger partial charge in [-0.25, -0.2) is 9.59 Å². The second-order valence-corrected chi connectivity index (χ2v) is 10.6. The number of Topliss-reactive ketones (excluding diaryl/α,β-unsaturated/α-hetero) is 1. The molecule has 0 aliphatic carbocycles. The van der Waals surface area contributed by atoms with Crippen LogP contribution in [0.25, 0.3) is 0 Å². The Balaban J connectivity index is 2.75. The van der Waals surface area contributed by atoms with Gasteiger partial charge in [0.25, 0.3) is 0 Å². The molecule has 0 heterocycles. The average molecular weight is 568 g/mol. The van der Waals surface area contributed by atoms with E-state index in [1.807, 2.05) is 0 Å². The number of benzene rings is 1. The third kappa shape index (κ3) is 13.0. The van der Waals surface area contributed by atoms with Gasteiger partial charge in [0.15, 0.2) is 11.9 Å². The molecule has 3 atom stereocenters. The predicted octanol–water partition coefficient (Wildman–Crippen LogP) is 1.78. The third-order valence-corrected chi connectivity index (χ3v) is 5.52. The van der Waals surface area contributed by atoms with E-state index in [4.69, 9.17) is 25.1 Å². The normalized spacial score (nSPS) is 13.9. The smallest absolute Gasteiger partial charge is 0.408 e. The zero-order valence-corrected chi connectivity index (χ0v) is 23.6. The number of alkyl carbamates (subject to hydrolysis) is 1. The number of carboxylic acids is 2. The van der Waals surface area contributed by atoms with Crippen molar-refractivity contribution in [3.8, 4) is 0 Å². The van der Waals surface area contributed by atoms with E-state index < -0.39 is 72.3 Å². The van der Waals surface area contributed by atoms with Gasteiger partial charge < -0.3 is 40.8 Å². The Labute approximate surface area is 233 Å². The minimum Gasteiger partial charge on any atom is -0.480 e. The van der Waals surface area contributed by atoms with Gasteiger partial charge in [-0.1, -0.05) is 30.3 Å². The predicted molar refractivity (Wildman–Crippen MR) is 143 cm³/mol. The van der Waals surface area contributed by atoms with Gasteiger partial charge in [-0.2, -0.15) is 0 Å². The first-order chi connectivity index (χ1) is 18.5. The number of unbranched alkanes of at least 4 members (excludes halogenated alkanes) is 1. The number of rotatable bonds is 17. The highest BCUT2D eigenvalue weighted by Crippen LogP contribution is 2.26. The van der Waals surface area contributed by atoms with Crippen LogP contribution in [0, 0.1) is 0 Å². The molecule has 40 heavy (non-hydrogen) atoms. The molecule has 0 bridgehead atoms. The number of ether oxygens (including phenoxy) is 3. The fraction of sp³-hybridized carbons (Fsp3) is 0.593. The van der Waals surface area contributed by atoms with Crippen molar-refractivity contribution in [1.82, 2.24) is 10.6 Å². The monoisotopic (exact) mass is 567 g/mol. The summed E-state index contributed by atoms with van der Waals surface area (Å²) in [7, 11) is 0. The fourth-order valence-corrected chi connectivity index (χ4v) is 3.37. The number of hydrogen-bond donors (Lipinski definition) is 5. The summed E-state index contributed by atoms with van der Waals surface area (Å²) in [5.74, 6) is -3.62. The molecule has 1 aromatic rings. The summed E-state index contributed by atoms with van der Waals surface area (Å²) in [4.78, 5) is 60.3. The van der Waals surface area contributed by atoms with Gasteiger partial charge >= 0.3 is 18.0 Å². The van der Waals surface area contributed by atoms with Crippen LogP contribution in [0.3, 0.4) is 0 Å². The van der Waals surface area contributed by atoms with E-state index in [1.165, 1.54) is 13.8 Å². The van der Waals surface area contributed by atoms with E-state index >= 15 is 0 Å². The quantitative estimate of drug-likeness (QED) is 0.172. The second-order valence-electron chi connectivity index (χ2n) is 10.6. The molecular weight excluding hydrogens is 526 g/mol. The average Bonchev–Trinajstić information content (AvgIpc) is 2.84. The van der Waals surface area contributed by atoms with Crippen LogP contribution in [-0.2, 0) is 33.4 Å². The van der Waals surface area contributed by atoms with Crippen molar-refractivity contribution >= 4 is 29.7 Å². The first-order valence-electron chi connectivity index (χ1n) is 12.8. The highest BCUT2D eigenvalue weighted by atomic mass is 16.6. The zero-order chi connectivity index (χ0) is 30.5. The molecule has 224 valence electrons. The number of ketones is 1. The summed E-state index contributed by atoms with van der Waals surface area (Å²) >= 11 is 0. The summed E-state index contributed by atoms with van der Waals surface area (Å²) in [6.45, 7) is 7.05. The fourth-order valence-electron chi connectivity index (χ4n) is 3.37. The molecular formula is C27H41N3O10. The lowest BCUT2D eigenvalue weighted by Crippen LogP contribution is -2.50. The van der Waals surface area contributed by atoms with Gasteiger partial charge in [0, 0.05) is 6.54 Å². The molecule has 0 aliphatic rings. The Morgan fingerprint density at radius 3 is 2.10 bits per heavy atom. The molecule has 0 radical (unpaired) electrons. The number of carbonyl (C=O) groups is 5. The lowest BCUT2D eigenvalue weighted by molar-refractivity contribution is -0.172. The van der Waals surface area contributed by atoms with Crippen LogP contribution in [0.15, 0.2) is 30.3 Å².